The van der Waals surface area contributed by atoms with Gasteiger partial charge >= 0.3 is 0 Å². The average Bonchev–Trinajstić information content (AvgIpc) is 2.49. The van der Waals surface area contributed by atoms with Crippen molar-refractivity contribution in [1.82, 2.24) is 5.32 Å². The zero-order valence-corrected chi connectivity index (χ0v) is 13.5. The number of rotatable bonds is 9. The lowest BCUT2D eigenvalue weighted by Crippen LogP contribution is -2.32. The smallest absolute Gasteiger partial charge is 0.232 e. The Hall–Kier alpha value is -1.27. The number of amides is 1. The molecule has 0 fully saturated rings. The summed E-state index contributed by atoms with van der Waals surface area (Å²) in [6, 6.07) is 4.40. The molecule has 0 aliphatic rings. The molecule has 0 saturated heterocycles. The van der Waals surface area contributed by atoms with Crippen molar-refractivity contribution in [2.45, 2.75) is 24.3 Å². The highest BCUT2D eigenvalue weighted by atomic mass is 32.2. The van der Waals surface area contributed by atoms with Crippen molar-refractivity contribution in [3.05, 3.63) is 29.6 Å². The van der Waals surface area contributed by atoms with Crippen LogP contribution in [0.25, 0.3) is 0 Å². The van der Waals surface area contributed by atoms with Crippen LogP contribution in [-0.4, -0.2) is 38.5 Å². The second-order valence-corrected chi connectivity index (χ2v) is 5.88. The van der Waals surface area contributed by atoms with Gasteiger partial charge in [-0.2, -0.15) is 0 Å². The van der Waals surface area contributed by atoms with Gasteiger partial charge in [-0.1, -0.05) is 0 Å². The molecule has 21 heavy (non-hydrogen) atoms. The quantitative estimate of drug-likeness (QED) is 0.712. The van der Waals surface area contributed by atoms with Gasteiger partial charge in [-0.3, -0.25) is 4.79 Å². The summed E-state index contributed by atoms with van der Waals surface area (Å²) in [5.74, 6) is 0.833. The Bertz CT molecular complexity index is 457. The average molecular weight is 315 g/mol. The maximum Gasteiger partial charge on any atom is 0.232 e. The highest BCUT2D eigenvalue weighted by Gasteiger charge is 2.14. The predicted molar refractivity (Wildman–Crippen MR) is 83.2 cm³/mol. The molecule has 1 N–H and O–H groups in total. The fraction of sp³-hybridized carbons (Fsp3) is 0.533. The standard InChI is InChI=1S/C15H22FNO3S/c1-11(15(18)17-7-4-8-19-2)21-10-12-9-13(16)5-6-14(12)20-3/h5-6,9,11H,4,7-8,10H2,1-3H3,(H,17,18). The van der Waals surface area contributed by atoms with Crippen LogP contribution in [0.3, 0.4) is 0 Å². The molecule has 0 aliphatic heterocycles. The minimum Gasteiger partial charge on any atom is -0.496 e. The van der Waals surface area contributed by atoms with E-state index in [1.54, 1.807) is 20.3 Å². The van der Waals surface area contributed by atoms with E-state index in [1.807, 2.05) is 6.92 Å². The predicted octanol–water partition coefficient (Wildman–Crippen LogP) is 2.61. The Morgan fingerprint density at radius 2 is 2.19 bits per heavy atom. The van der Waals surface area contributed by atoms with Gasteiger partial charge in [-0.25, -0.2) is 4.39 Å². The number of halogens is 1. The molecule has 0 spiro atoms. The number of ether oxygens (including phenoxy) is 2. The zero-order valence-electron chi connectivity index (χ0n) is 12.6. The topological polar surface area (TPSA) is 47.6 Å². The first kappa shape index (κ1) is 17.8. The maximum atomic E-state index is 13.2. The molecule has 0 saturated carbocycles. The summed E-state index contributed by atoms with van der Waals surface area (Å²) in [6.07, 6.45) is 0.789. The van der Waals surface area contributed by atoms with Crippen molar-refractivity contribution < 1.29 is 18.7 Å². The lowest BCUT2D eigenvalue weighted by atomic mass is 10.2. The molecule has 1 aromatic rings. The number of thioether (sulfide) groups is 1. The van der Waals surface area contributed by atoms with Gasteiger partial charge in [0.1, 0.15) is 11.6 Å². The van der Waals surface area contributed by atoms with Gasteiger partial charge in [0.2, 0.25) is 5.91 Å². The second kappa shape index (κ2) is 9.63. The van der Waals surface area contributed by atoms with E-state index >= 15 is 0 Å². The van der Waals surface area contributed by atoms with Gasteiger partial charge in [0.15, 0.2) is 0 Å². The molecule has 0 aromatic heterocycles. The summed E-state index contributed by atoms with van der Waals surface area (Å²) in [7, 11) is 3.18. The highest BCUT2D eigenvalue weighted by Crippen LogP contribution is 2.26. The SMILES string of the molecule is COCCCNC(=O)C(C)SCc1cc(F)ccc1OC. The van der Waals surface area contributed by atoms with Crippen LogP contribution in [0, 0.1) is 5.82 Å². The Labute approximate surface area is 129 Å². The molecule has 118 valence electrons. The van der Waals surface area contributed by atoms with E-state index in [1.165, 1.54) is 23.9 Å². The van der Waals surface area contributed by atoms with E-state index in [0.717, 1.165) is 12.0 Å². The van der Waals surface area contributed by atoms with E-state index in [0.29, 0.717) is 24.7 Å². The van der Waals surface area contributed by atoms with Crippen LogP contribution in [0.15, 0.2) is 18.2 Å². The first-order valence-electron chi connectivity index (χ1n) is 6.79. The molecular weight excluding hydrogens is 293 g/mol. The molecule has 0 radical (unpaired) electrons. The molecule has 1 atom stereocenters. The molecule has 1 aromatic carbocycles. The number of carbonyl (C=O) groups is 1. The third kappa shape index (κ3) is 6.35. The number of carbonyl (C=O) groups excluding carboxylic acids is 1. The van der Waals surface area contributed by atoms with Crippen LogP contribution in [0.2, 0.25) is 0 Å². The Morgan fingerprint density at radius 3 is 2.86 bits per heavy atom. The van der Waals surface area contributed by atoms with Crippen molar-refractivity contribution in [3.63, 3.8) is 0 Å². The fourth-order valence-electron chi connectivity index (χ4n) is 1.72. The summed E-state index contributed by atoms with van der Waals surface area (Å²) in [5.41, 5.74) is 0.751. The first-order valence-corrected chi connectivity index (χ1v) is 7.84. The summed E-state index contributed by atoms with van der Waals surface area (Å²) < 4.78 is 23.4. The third-order valence-electron chi connectivity index (χ3n) is 2.92. The van der Waals surface area contributed by atoms with Crippen LogP contribution in [0.1, 0.15) is 18.9 Å². The molecule has 6 heteroatoms. The van der Waals surface area contributed by atoms with Crippen LogP contribution in [0.4, 0.5) is 4.39 Å². The summed E-state index contributed by atoms with van der Waals surface area (Å²) in [5, 5.41) is 2.64. The van der Waals surface area contributed by atoms with E-state index in [2.05, 4.69) is 5.32 Å². The molecular formula is C15H22FNO3S. The minimum atomic E-state index is -0.303. The van der Waals surface area contributed by atoms with E-state index in [4.69, 9.17) is 9.47 Å². The van der Waals surface area contributed by atoms with E-state index in [9.17, 15) is 9.18 Å². The van der Waals surface area contributed by atoms with Crippen molar-refractivity contribution in [2.75, 3.05) is 27.4 Å². The van der Waals surface area contributed by atoms with Crippen LogP contribution in [0.5, 0.6) is 5.75 Å². The molecule has 4 nitrogen and oxygen atoms in total. The number of hydrogen-bond acceptors (Lipinski definition) is 4. The number of methoxy groups -OCH3 is 2. The van der Waals surface area contributed by atoms with Crippen LogP contribution >= 0.6 is 11.8 Å². The fourth-order valence-corrected chi connectivity index (χ4v) is 2.61. The van der Waals surface area contributed by atoms with Crippen molar-refractivity contribution in [2.24, 2.45) is 0 Å². The largest absolute Gasteiger partial charge is 0.496 e. The number of hydrogen-bond donors (Lipinski definition) is 1. The van der Waals surface area contributed by atoms with E-state index in [-0.39, 0.29) is 17.0 Å². The summed E-state index contributed by atoms with van der Waals surface area (Å²) in [4.78, 5) is 11.9. The van der Waals surface area contributed by atoms with Gasteiger partial charge in [0, 0.05) is 31.6 Å². The molecule has 0 heterocycles. The Balaban J connectivity index is 2.43. The van der Waals surface area contributed by atoms with Gasteiger partial charge < -0.3 is 14.8 Å². The van der Waals surface area contributed by atoms with Gasteiger partial charge in [-0.15, -0.1) is 11.8 Å². The van der Waals surface area contributed by atoms with Gasteiger partial charge in [0.25, 0.3) is 0 Å². The number of nitrogens with one attached hydrogen (secondary N) is 1. The maximum absolute atomic E-state index is 13.2. The van der Waals surface area contributed by atoms with Gasteiger partial charge in [0.05, 0.1) is 12.4 Å². The van der Waals surface area contributed by atoms with Crippen molar-refractivity contribution in [1.29, 1.82) is 0 Å². The minimum absolute atomic E-state index is 0.0218. The lowest BCUT2D eigenvalue weighted by Gasteiger charge is -2.13. The molecule has 1 rings (SSSR count). The number of benzene rings is 1. The highest BCUT2D eigenvalue weighted by molar-refractivity contribution is 7.99. The molecule has 1 unspecified atom stereocenters. The van der Waals surface area contributed by atoms with Crippen molar-refractivity contribution in [3.8, 4) is 5.75 Å². The molecule has 1 amide bonds. The van der Waals surface area contributed by atoms with Crippen LogP contribution in [-0.2, 0) is 15.3 Å². The lowest BCUT2D eigenvalue weighted by molar-refractivity contribution is -0.120. The Morgan fingerprint density at radius 1 is 1.43 bits per heavy atom. The zero-order chi connectivity index (χ0) is 15.7. The van der Waals surface area contributed by atoms with E-state index < -0.39 is 0 Å². The van der Waals surface area contributed by atoms with Crippen molar-refractivity contribution >= 4 is 17.7 Å². The summed E-state index contributed by atoms with van der Waals surface area (Å²) >= 11 is 1.45. The normalized spacial score (nSPS) is 12.0. The monoisotopic (exact) mass is 315 g/mol. The Kier molecular flexibility index (Phi) is 8.15. The second-order valence-electron chi connectivity index (χ2n) is 4.55. The van der Waals surface area contributed by atoms with Gasteiger partial charge in [-0.05, 0) is 31.5 Å². The first-order chi connectivity index (χ1) is 10.1. The molecule has 0 aliphatic carbocycles. The summed E-state index contributed by atoms with van der Waals surface area (Å²) in [6.45, 7) is 3.06. The van der Waals surface area contributed by atoms with Crippen LogP contribution < -0.4 is 10.1 Å². The third-order valence-corrected chi connectivity index (χ3v) is 4.12. The molecule has 0 bridgehead atoms.